The van der Waals surface area contributed by atoms with E-state index in [-0.39, 0.29) is 17.1 Å². The van der Waals surface area contributed by atoms with Crippen molar-refractivity contribution in [2.24, 2.45) is 5.92 Å². The number of rotatable bonds is 2. The number of nitrogens with zero attached hydrogens (tertiary/aromatic N) is 1. The molecule has 1 heterocycles. The first-order chi connectivity index (χ1) is 10.2. The maximum Gasteiger partial charge on any atom is 0.416 e. The highest BCUT2D eigenvalue weighted by Gasteiger charge is 2.33. The van der Waals surface area contributed by atoms with Crippen molar-refractivity contribution in [3.05, 3.63) is 34.3 Å². The summed E-state index contributed by atoms with van der Waals surface area (Å²) in [7, 11) is 0. The van der Waals surface area contributed by atoms with Gasteiger partial charge in [-0.2, -0.15) is 13.2 Å². The van der Waals surface area contributed by atoms with Gasteiger partial charge in [0.1, 0.15) is 0 Å². The number of carbonyl (C=O) groups excluding carboxylic acids is 1. The van der Waals surface area contributed by atoms with E-state index in [1.165, 1.54) is 4.90 Å². The van der Waals surface area contributed by atoms with Crippen LogP contribution in [0.1, 0.15) is 28.8 Å². The van der Waals surface area contributed by atoms with E-state index in [9.17, 15) is 22.8 Å². The summed E-state index contributed by atoms with van der Waals surface area (Å²) in [4.78, 5) is 24.6. The van der Waals surface area contributed by atoms with Crippen LogP contribution in [0.3, 0.4) is 0 Å². The molecular formula is C14H13ClF3NO3. The highest BCUT2D eigenvalue weighted by atomic mass is 35.5. The second-order valence-electron chi connectivity index (χ2n) is 5.15. The van der Waals surface area contributed by atoms with Crippen LogP contribution in [0.4, 0.5) is 13.2 Å². The van der Waals surface area contributed by atoms with E-state index in [1.807, 2.05) is 0 Å². The first-order valence-corrected chi connectivity index (χ1v) is 6.96. The molecule has 1 aromatic carbocycles. The van der Waals surface area contributed by atoms with E-state index in [0.717, 1.165) is 18.2 Å². The Bertz CT molecular complexity index is 603. The molecule has 2 rings (SSSR count). The molecule has 1 aliphatic rings. The number of carboxylic acid groups (broad SMARTS) is 1. The topological polar surface area (TPSA) is 57.6 Å². The fourth-order valence-corrected chi connectivity index (χ4v) is 2.66. The van der Waals surface area contributed by atoms with Crippen LogP contribution in [0.2, 0.25) is 5.02 Å². The molecule has 1 aliphatic heterocycles. The third-order valence-electron chi connectivity index (χ3n) is 3.53. The number of alkyl halides is 3. The van der Waals surface area contributed by atoms with Crippen molar-refractivity contribution in [2.45, 2.75) is 19.0 Å². The van der Waals surface area contributed by atoms with E-state index in [2.05, 4.69) is 0 Å². The minimum absolute atomic E-state index is 0.0119. The zero-order valence-corrected chi connectivity index (χ0v) is 12.1. The SMILES string of the molecule is O=C(O)C1CCCN(C(=O)c2cc(Cl)cc(C(F)(F)F)c2)C1. The minimum atomic E-state index is -4.61. The van der Waals surface area contributed by atoms with Gasteiger partial charge in [0, 0.05) is 23.7 Å². The summed E-state index contributed by atoms with van der Waals surface area (Å²) in [5.41, 5.74) is -1.19. The van der Waals surface area contributed by atoms with Gasteiger partial charge in [-0.3, -0.25) is 9.59 Å². The molecule has 0 saturated carbocycles. The van der Waals surface area contributed by atoms with Crippen molar-refractivity contribution < 1.29 is 27.9 Å². The average Bonchev–Trinajstić information content (AvgIpc) is 2.45. The fourth-order valence-electron chi connectivity index (χ4n) is 2.42. The summed E-state index contributed by atoms with van der Waals surface area (Å²) in [6.45, 7) is 0.304. The predicted molar refractivity (Wildman–Crippen MR) is 72.7 cm³/mol. The van der Waals surface area contributed by atoms with Gasteiger partial charge in [-0.05, 0) is 31.0 Å². The van der Waals surface area contributed by atoms with E-state index >= 15 is 0 Å². The molecule has 1 N–H and O–H groups in total. The lowest BCUT2D eigenvalue weighted by molar-refractivity contribution is -0.143. The summed E-state index contributed by atoms with van der Waals surface area (Å²) < 4.78 is 38.3. The monoisotopic (exact) mass is 335 g/mol. The van der Waals surface area contributed by atoms with Crippen LogP contribution in [-0.2, 0) is 11.0 Å². The van der Waals surface area contributed by atoms with Gasteiger partial charge in [-0.1, -0.05) is 11.6 Å². The van der Waals surface area contributed by atoms with Crippen molar-refractivity contribution in [1.82, 2.24) is 4.90 Å². The second-order valence-corrected chi connectivity index (χ2v) is 5.59. The number of amides is 1. The van der Waals surface area contributed by atoms with E-state index < -0.39 is 29.5 Å². The van der Waals surface area contributed by atoms with Crippen LogP contribution in [0.5, 0.6) is 0 Å². The van der Waals surface area contributed by atoms with Gasteiger partial charge in [0.15, 0.2) is 0 Å². The summed E-state index contributed by atoms with van der Waals surface area (Å²) in [5, 5.41) is 8.81. The summed E-state index contributed by atoms with van der Waals surface area (Å²) in [6.07, 6.45) is -3.66. The van der Waals surface area contributed by atoms with Gasteiger partial charge in [0.25, 0.3) is 5.91 Å². The number of benzene rings is 1. The largest absolute Gasteiger partial charge is 0.481 e. The molecule has 0 spiro atoms. The van der Waals surface area contributed by atoms with Crippen molar-refractivity contribution in [2.75, 3.05) is 13.1 Å². The van der Waals surface area contributed by atoms with Crippen molar-refractivity contribution in [1.29, 1.82) is 0 Å². The number of piperidine rings is 1. The Balaban J connectivity index is 2.26. The molecule has 1 unspecified atom stereocenters. The third kappa shape index (κ3) is 3.71. The maximum atomic E-state index is 12.8. The van der Waals surface area contributed by atoms with Crippen LogP contribution < -0.4 is 0 Å². The zero-order valence-electron chi connectivity index (χ0n) is 11.4. The molecule has 1 atom stereocenters. The Labute approximate surface area is 129 Å². The third-order valence-corrected chi connectivity index (χ3v) is 3.75. The summed E-state index contributed by atoms with van der Waals surface area (Å²) in [6, 6.07) is 2.64. The zero-order chi connectivity index (χ0) is 16.5. The lowest BCUT2D eigenvalue weighted by Gasteiger charge is -2.31. The number of hydrogen-bond acceptors (Lipinski definition) is 2. The van der Waals surface area contributed by atoms with E-state index in [1.54, 1.807) is 0 Å². The van der Waals surface area contributed by atoms with Gasteiger partial charge < -0.3 is 10.0 Å². The van der Waals surface area contributed by atoms with Crippen molar-refractivity contribution in [3.63, 3.8) is 0 Å². The molecule has 1 saturated heterocycles. The van der Waals surface area contributed by atoms with Crippen molar-refractivity contribution in [3.8, 4) is 0 Å². The fraction of sp³-hybridized carbons (Fsp3) is 0.429. The van der Waals surface area contributed by atoms with Crippen LogP contribution in [0.25, 0.3) is 0 Å². The van der Waals surface area contributed by atoms with Crippen LogP contribution in [0, 0.1) is 5.92 Å². The number of likely N-dealkylation sites (tertiary alicyclic amines) is 1. The molecule has 0 bridgehead atoms. The van der Waals surface area contributed by atoms with Crippen LogP contribution in [0.15, 0.2) is 18.2 Å². The normalized spacial score (nSPS) is 19.1. The number of carbonyl (C=O) groups is 2. The van der Waals surface area contributed by atoms with Crippen molar-refractivity contribution >= 4 is 23.5 Å². The highest BCUT2D eigenvalue weighted by molar-refractivity contribution is 6.31. The highest BCUT2D eigenvalue weighted by Crippen LogP contribution is 2.32. The number of hydrogen-bond donors (Lipinski definition) is 1. The number of halogens is 4. The molecule has 1 fully saturated rings. The van der Waals surface area contributed by atoms with E-state index in [4.69, 9.17) is 16.7 Å². The summed E-state index contributed by atoms with van der Waals surface area (Å²) >= 11 is 5.65. The molecular weight excluding hydrogens is 323 g/mol. The Morgan fingerprint density at radius 2 is 1.95 bits per heavy atom. The lowest BCUT2D eigenvalue weighted by atomic mass is 9.97. The van der Waals surface area contributed by atoms with Crippen LogP contribution >= 0.6 is 11.6 Å². The number of aliphatic carboxylic acids is 1. The minimum Gasteiger partial charge on any atom is -0.481 e. The van der Waals surface area contributed by atoms with E-state index in [0.29, 0.717) is 19.4 Å². The lowest BCUT2D eigenvalue weighted by Crippen LogP contribution is -2.42. The second kappa shape index (κ2) is 6.16. The molecule has 120 valence electrons. The molecule has 0 aromatic heterocycles. The Morgan fingerprint density at radius 1 is 1.27 bits per heavy atom. The molecule has 22 heavy (non-hydrogen) atoms. The van der Waals surface area contributed by atoms with Gasteiger partial charge >= 0.3 is 12.1 Å². The van der Waals surface area contributed by atoms with Crippen LogP contribution in [-0.4, -0.2) is 35.0 Å². The standard InChI is InChI=1S/C14H13ClF3NO3/c15-11-5-9(4-10(6-11)14(16,17)18)12(20)19-3-1-2-8(7-19)13(21)22/h4-6,8H,1-3,7H2,(H,21,22). The molecule has 4 nitrogen and oxygen atoms in total. The van der Waals surface area contributed by atoms with Gasteiger partial charge in [0.2, 0.25) is 0 Å². The van der Waals surface area contributed by atoms with Gasteiger partial charge in [-0.15, -0.1) is 0 Å². The van der Waals surface area contributed by atoms with Gasteiger partial charge in [-0.25, -0.2) is 0 Å². The Morgan fingerprint density at radius 3 is 2.55 bits per heavy atom. The molecule has 0 aliphatic carbocycles. The maximum absolute atomic E-state index is 12.8. The summed E-state index contributed by atoms with van der Waals surface area (Å²) in [5.74, 6) is -2.35. The first-order valence-electron chi connectivity index (χ1n) is 6.58. The smallest absolute Gasteiger partial charge is 0.416 e. The molecule has 0 radical (unpaired) electrons. The molecule has 8 heteroatoms. The quantitative estimate of drug-likeness (QED) is 0.902. The molecule has 1 amide bonds. The van der Waals surface area contributed by atoms with Gasteiger partial charge in [0.05, 0.1) is 11.5 Å². The number of carboxylic acids is 1. The molecule has 1 aromatic rings. The Kier molecular flexibility index (Phi) is 4.65. The predicted octanol–water partition coefficient (Wildman–Crippen LogP) is 3.30. The average molecular weight is 336 g/mol. The Hall–Kier alpha value is -1.76. The first kappa shape index (κ1) is 16.6.